The Labute approximate surface area is 106 Å². The van der Waals surface area contributed by atoms with E-state index in [0.29, 0.717) is 6.54 Å². The van der Waals surface area contributed by atoms with Crippen molar-refractivity contribution in [3.05, 3.63) is 30.0 Å². The molecular weight excluding hydrogens is 230 g/mol. The number of carbonyl (C=O) groups is 1. The average molecular weight is 249 g/mol. The molecule has 5 N–H and O–H groups in total. The van der Waals surface area contributed by atoms with Crippen molar-refractivity contribution >= 4 is 16.8 Å². The molecule has 2 aromatic rings. The lowest BCUT2D eigenvalue weighted by atomic mass is 10.1. The maximum Gasteiger partial charge on any atom is 0.216 e. The van der Waals surface area contributed by atoms with Gasteiger partial charge in [0.15, 0.2) is 0 Å². The summed E-state index contributed by atoms with van der Waals surface area (Å²) >= 11 is 0. The third kappa shape index (κ3) is 3.01. The maximum absolute atomic E-state index is 10.8. The van der Waals surface area contributed by atoms with Crippen molar-refractivity contribution in [1.82, 2.24) is 16.5 Å². The molecule has 0 aliphatic heterocycles. The van der Waals surface area contributed by atoms with E-state index in [9.17, 15) is 4.79 Å². The fourth-order valence-corrected chi connectivity index (χ4v) is 1.86. The molecule has 0 aliphatic carbocycles. The Balaban J connectivity index is 0.00000162. The van der Waals surface area contributed by atoms with Gasteiger partial charge < -0.3 is 21.2 Å². The van der Waals surface area contributed by atoms with Crippen molar-refractivity contribution in [3.8, 4) is 5.75 Å². The predicted octanol–water partition coefficient (Wildman–Crippen LogP) is 2.02. The van der Waals surface area contributed by atoms with Crippen LogP contribution in [0.25, 0.3) is 10.9 Å². The SMILES string of the molecule is COc1ccc2[nH]cc(CCNC(C)=O)c2c1.N. The number of H-pyrrole nitrogens is 1. The largest absolute Gasteiger partial charge is 0.497 e. The van der Waals surface area contributed by atoms with Crippen molar-refractivity contribution < 1.29 is 9.53 Å². The minimum atomic E-state index is 0. The molecule has 5 nitrogen and oxygen atoms in total. The van der Waals surface area contributed by atoms with Crippen LogP contribution < -0.4 is 16.2 Å². The number of ether oxygens (including phenoxy) is 1. The number of aromatic amines is 1. The molecule has 18 heavy (non-hydrogen) atoms. The molecule has 2 rings (SSSR count). The van der Waals surface area contributed by atoms with Gasteiger partial charge in [0.25, 0.3) is 0 Å². The Bertz CT molecular complexity index is 534. The summed E-state index contributed by atoms with van der Waals surface area (Å²) in [6.07, 6.45) is 2.79. The molecule has 0 aliphatic rings. The normalized spacial score (nSPS) is 9.89. The van der Waals surface area contributed by atoms with E-state index in [1.165, 1.54) is 12.5 Å². The minimum Gasteiger partial charge on any atom is -0.497 e. The predicted molar refractivity (Wildman–Crippen MR) is 72.3 cm³/mol. The first-order chi connectivity index (χ1) is 8.20. The second-order valence-electron chi connectivity index (χ2n) is 3.96. The number of hydrogen-bond donors (Lipinski definition) is 3. The third-order valence-corrected chi connectivity index (χ3v) is 2.74. The lowest BCUT2D eigenvalue weighted by Gasteiger charge is -2.03. The molecule has 98 valence electrons. The van der Waals surface area contributed by atoms with Gasteiger partial charge in [-0.05, 0) is 30.2 Å². The number of carbonyl (C=O) groups excluding carboxylic acids is 1. The molecule has 0 atom stereocenters. The van der Waals surface area contributed by atoms with Crippen molar-refractivity contribution in [2.45, 2.75) is 13.3 Å². The van der Waals surface area contributed by atoms with Crippen LogP contribution in [0.15, 0.2) is 24.4 Å². The molecule has 0 saturated heterocycles. The van der Waals surface area contributed by atoms with E-state index >= 15 is 0 Å². The quantitative estimate of drug-likeness (QED) is 0.774. The summed E-state index contributed by atoms with van der Waals surface area (Å²) in [5, 5.41) is 3.94. The van der Waals surface area contributed by atoms with E-state index in [1.54, 1.807) is 7.11 Å². The van der Waals surface area contributed by atoms with Crippen LogP contribution in [0.2, 0.25) is 0 Å². The van der Waals surface area contributed by atoms with Crippen molar-refractivity contribution in [2.75, 3.05) is 13.7 Å². The summed E-state index contributed by atoms with van der Waals surface area (Å²) in [5.41, 5.74) is 2.27. The van der Waals surface area contributed by atoms with Crippen LogP contribution in [-0.2, 0) is 11.2 Å². The second-order valence-corrected chi connectivity index (χ2v) is 3.96. The Morgan fingerprint density at radius 3 is 2.89 bits per heavy atom. The number of amides is 1. The smallest absolute Gasteiger partial charge is 0.216 e. The zero-order valence-electron chi connectivity index (χ0n) is 10.7. The molecule has 0 unspecified atom stereocenters. The van der Waals surface area contributed by atoms with Crippen LogP contribution in [0.5, 0.6) is 5.75 Å². The Morgan fingerprint density at radius 2 is 2.22 bits per heavy atom. The summed E-state index contributed by atoms with van der Waals surface area (Å²) < 4.78 is 5.21. The van der Waals surface area contributed by atoms with Crippen LogP contribution in [-0.4, -0.2) is 24.5 Å². The molecule has 0 bridgehead atoms. The summed E-state index contributed by atoms with van der Waals surface area (Å²) in [4.78, 5) is 14.0. The van der Waals surface area contributed by atoms with E-state index in [1.807, 2.05) is 24.4 Å². The molecule has 5 heteroatoms. The van der Waals surface area contributed by atoms with Crippen molar-refractivity contribution in [2.24, 2.45) is 0 Å². The van der Waals surface area contributed by atoms with Gasteiger partial charge in [0.05, 0.1) is 7.11 Å². The Morgan fingerprint density at radius 1 is 1.44 bits per heavy atom. The fraction of sp³-hybridized carbons (Fsp3) is 0.308. The second kappa shape index (κ2) is 6.07. The molecule has 1 heterocycles. The molecule has 1 aromatic heterocycles. The van der Waals surface area contributed by atoms with Gasteiger partial charge in [-0.15, -0.1) is 0 Å². The van der Waals surface area contributed by atoms with E-state index in [0.717, 1.165) is 23.1 Å². The van der Waals surface area contributed by atoms with Gasteiger partial charge in [-0.2, -0.15) is 0 Å². The van der Waals surface area contributed by atoms with Gasteiger partial charge in [-0.3, -0.25) is 4.79 Å². The van der Waals surface area contributed by atoms with Crippen LogP contribution in [0.1, 0.15) is 12.5 Å². The number of methoxy groups -OCH3 is 1. The standard InChI is InChI=1S/C13H16N2O2.H3N/c1-9(16)14-6-5-10-8-15-13-4-3-11(17-2)7-12(10)13;/h3-4,7-8,15H,5-6H2,1-2H3,(H,14,16);1H3. The highest BCUT2D eigenvalue weighted by atomic mass is 16.5. The van der Waals surface area contributed by atoms with Crippen LogP contribution in [0.4, 0.5) is 0 Å². The molecule has 0 fully saturated rings. The number of hydrogen-bond acceptors (Lipinski definition) is 3. The molecule has 1 aromatic carbocycles. The van der Waals surface area contributed by atoms with Gasteiger partial charge in [-0.1, -0.05) is 0 Å². The molecule has 0 spiro atoms. The number of nitrogens with one attached hydrogen (secondary N) is 2. The highest BCUT2D eigenvalue weighted by Crippen LogP contribution is 2.23. The van der Waals surface area contributed by atoms with E-state index in [4.69, 9.17) is 4.74 Å². The van der Waals surface area contributed by atoms with Gasteiger partial charge in [-0.25, -0.2) is 0 Å². The van der Waals surface area contributed by atoms with Gasteiger partial charge in [0.1, 0.15) is 5.75 Å². The summed E-state index contributed by atoms with van der Waals surface area (Å²) in [6, 6.07) is 5.93. The first-order valence-corrected chi connectivity index (χ1v) is 5.59. The third-order valence-electron chi connectivity index (χ3n) is 2.74. The minimum absolute atomic E-state index is 0. The average Bonchev–Trinajstić information content (AvgIpc) is 2.71. The number of aromatic nitrogens is 1. The van der Waals surface area contributed by atoms with Gasteiger partial charge >= 0.3 is 0 Å². The zero-order chi connectivity index (χ0) is 12.3. The fourth-order valence-electron chi connectivity index (χ4n) is 1.86. The first kappa shape index (κ1) is 14.1. The summed E-state index contributed by atoms with van der Waals surface area (Å²) in [5.74, 6) is 0.847. The molecular formula is C13H19N3O2. The van der Waals surface area contributed by atoms with Crippen LogP contribution >= 0.6 is 0 Å². The Hall–Kier alpha value is -2.01. The van der Waals surface area contributed by atoms with E-state index in [-0.39, 0.29) is 12.1 Å². The number of fused-ring (bicyclic) bond motifs is 1. The van der Waals surface area contributed by atoms with Crippen molar-refractivity contribution in [1.29, 1.82) is 0 Å². The van der Waals surface area contributed by atoms with Crippen LogP contribution in [0.3, 0.4) is 0 Å². The monoisotopic (exact) mass is 249 g/mol. The van der Waals surface area contributed by atoms with Crippen molar-refractivity contribution in [3.63, 3.8) is 0 Å². The summed E-state index contributed by atoms with van der Waals surface area (Å²) in [7, 11) is 1.66. The van der Waals surface area contributed by atoms with Gasteiger partial charge in [0.2, 0.25) is 5.91 Å². The highest BCUT2D eigenvalue weighted by molar-refractivity contribution is 5.84. The van der Waals surface area contributed by atoms with E-state index in [2.05, 4.69) is 10.3 Å². The van der Waals surface area contributed by atoms with Crippen LogP contribution in [0, 0.1) is 0 Å². The summed E-state index contributed by atoms with van der Waals surface area (Å²) in [6.45, 7) is 2.18. The first-order valence-electron chi connectivity index (χ1n) is 5.59. The highest BCUT2D eigenvalue weighted by Gasteiger charge is 2.05. The molecule has 0 radical (unpaired) electrons. The number of benzene rings is 1. The topological polar surface area (TPSA) is 89.1 Å². The lowest BCUT2D eigenvalue weighted by molar-refractivity contribution is -0.118. The lowest BCUT2D eigenvalue weighted by Crippen LogP contribution is -2.22. The Kier molecular flexibility index (Phi) is 4.74. The molecule has 0 saturated carbocycles. The molecule has 1 amide bonds. The van der Waals surface area contributed by atoms with Gasteiger partial charge in [0, 0.05) is 30.6 Å². The van der Waals surface area contributed by atoms with E-state index < -0.39 is 0 Å². The number of rotatable bonds is 4. The maximum atomic E-state index is 10.8. The zero-order valence-corrected chi connectivity index (χ0v) is 10.7.